The fourth-order valence-corrected chi connectivity index (χ4v) is 2.79. The molecule has 24 heavy (non-hydrogen) atoms. The summed E-state index contributed by atoms with van der Waals surface area (Å²) in [6.07, 6.45) is -0.0671. The Bertz CT molecular complexity index is 813. The Hall–Kier alpha value is -2.47. The second kappa shape index (κ2) is 6.57. The smallest absolute Gasteiger partial charge is 0.229 e. The van der Waals surface area contributed by atoms with Crippen LogP contribution in [0.25, 0.3) is 0 Å². The van der Waals surface area contributed by atoms with Crippen molar-refractivity contribution < 1.29 is 18.4 Å². The highest BCUT2D eigenvalue weighted by atomic mass is 35.5. The number of rotatable bonds is 3. The third-order valence-electron chi connectivity index (χ3n) is 3.83. The van der Waals surface area contributed by atoms with E-state index in [1.807, 2.05) is 0 Å². The van der Waals surface area contributed by atoms with Gasteiger partial charge in [-0.1, -0.05) is 23.7 Å². The summed E-state index contributed by atoms with van der Waals surface area (Å²) in [5, 5.41) is 2.71. The molecule has 0 aliphatic carbocycles. The van der Waals surface area contributed by atoms with Crippen molar-refractivity contribution in [3.63, 3.8) is 0 Å². The lowest BCUT2D eigenvalue weighted by Crippen LogP contribution is -2.28. The molecule has 1 aliphatic heterocycles. The van der Waals surface area contributed by atoms with Crippen LogP contribution in [0.1, 0.15) is 6.42 Å². The number of nitrogens with zero attached hydrogens (tertiary/aromatic N) is 1. The van der Waals surface area contributed by atoms with E-state index in [-0.39, 0.29) is 35.3 Å². The molecular formula is C17H13ClF2N2O2. The number of carbonyl (C=O) groups is 2. The quantitative estimate of drug-likeness (QED) is 0.919. The number of benzene rings is 2. The lowest BCUT2D eigenvalue weighted by atomic mass is 10.1. The molecule has 7 heteroatoms. The molecule has 2 aromatic rings. The van der Waals surface area contributed by atoms with Crippen molar-refractivity contribution in [1.29, 1.82) is 0 Å². The van der Waals surface area contributed by atoms with E-state index in [4.69, 9.17) is 11.6 Å². The highest BCUT2D eigenvalue weighted by molar-refractivity contribution is 6.30. The van der Waals surface area contributed by atoms with Crippen LogP contribution in [0.3, 0.4) is 0 Å². The minimum atomic E-state index is -0.699. The van der Waals surface area contributed by atoms with Gasteiger partial charge >= 0.3 is 0 Å². The zero-order valence-corrected chi connectivity index (χ0v) is 13.2. The van der Waals surface area contributed by atoms with Gasteiger partial charge in [-0.3, -0.25) is 9.59 Å². The van der Waals surface area contributed by atoms with Crippen molar-refractivity contribution in [1.82, 2.24) is 0 Å². The van der Waals surface area contributed by atoms with Crippen LogP contribution in [0, 0.1) is 17.6 Å². The van der Waals surface area contributed by atoms with Gasteiger partial charge in [0.1, 0.15) is 11.6 Å². The number of para-hydroxylation sites is 1. The third kappa shape index (κ3) is 3.23. The van der Waals surface area contributed by atoms with Gasteiger partial charge in [0.2, 0.25) is 11.8 Å². The van der Waals surface area contributed by atoms with E-state index < -0.39 is 23.5 Å². The first-order chi connectivity index (χ1) is 11.5. The minimum Gasteiger partial charge on any atom is -0.323 e. The first kappa shape index (κ1) is 16.4. The van der Waals surface area contributed by atoms with Gasteiger partial charge in [-0.05, 0) is 30.3 Å². The zero-order chi connectivity index (χ0) is 17.3. The Labute approximate surface area is 142 Å². The molecule has 0 aromatic heterocycles. The predicted octanol–water partition coefficient (Wildman–Crippen LogP) is 3.61. The maximum Gasteiger partial charge on any atom is 0.229 e. The summed E-state index contributed by atoms with van der Waals surface area (Å²) in [5.41, 5.74) is 0.0797. The highest BCUT2D eigenvalue weighted by Crippen LogP contribution is 2.28. The van der Waals surface area contributed by atoms with Gasteiger partial charge in [-0.2, -0.15) is 0 Å². The number of amides is 2. The number of hydrogen-bond acceptors (Lipinski definition) is 2. The number of halogens is 3. The molecule has 4 nitrogen and oxygen atoms in total. The topological polar surface area (TPSA) is 49.4 Å². The van der Waals surface area contributed by atoms with Crippen LogP contribution in [0.5, 0.6) is 0 Å². The maximum atomic E-state index is 13.8. The van der Waals surface area contributed by atoms with E-state index in [1.54, 1.807) is 6.07 Å². The average molecular weight is 351 g/mol. The maximum absolute atomic E-state index is 13.8. The summed E-state index contributed by atoms with van der Waals surface area (Å²) >= 11 is 5.78. The second-order valence-electron chi connectivity index (χ2n) is 5.47. The molecule has 0 spiro atoms. The highest BCUT2D eigenvalue weighted by Gasteiger charge is 2.36. The first-order valence-electron chi connectivity index (χ1n) is 7.26. The molecule has 1 fully saturated rings. The molecule has 0 bridgehead atoms. The molecule has 1 saturated heterocycles. The number of anilines is 2. The van der Waals surface area contributed by atoms with E-state index in [9.17, 15) is 18.4 Å². The van der Waals surface area contributed by atoms with E-state index in [1.165, 1.54) is 35.2 Å². The van der Waals surface area contributed by atoms with Gasteiger partial charge in [0.05, 0.1) is 17.3 Å². The molecule has 1 unspecified atom stereocenters. The fraction of sp³-hybridized carbons (Fsp3) is 0.176. The van der Waals surface area contributed by atoms with E-state index in [0.29, 0.717) is 0 Å². The Morgan fingerprint density at radius 2 is 1.92 bits per heavy atom. The van der Waals surface area contributed by atoms with Gasteiger partial charge in [0.15, 0.2) is 0 Å². The van der Waals surface area contributed by atoms with Gasteiger partial charge in [-0.25, -0.2) is 8.78 Å². The van der Waals surface area contributed by atoms with Crippen LogP contribution >= 0.6 is 11.6 Å². The third-order valence-corrected chi connectivity index (χ3v) is 4.06. The molecule has 2 amide bonds. The van der Waals surface area contributed by atoms with E-state index >= 15 is 0 Å². The van der Waals surface area contributed by atoms with Crippen molar-refractivity contribution >= 4 is 34.8 Å². The van der Waals surface area contributed by atoms with Crippen molar-refractivity contribution in [2.45, 2.75) is 6.42 Å². The van der Waals surface area contributed by atoms with Crippen LogP contribution in [-0.4, -0.2) is 18.4 Å². The number of nitrogens with one attached hydrogen (secondary N) is 1. The summed E-state index contributed by atoms with van der Waals surface area (Å²) in [4.78, 5) is 25.6. The van der Waals surface area contributed by atoms with Crippen LogP contribution in [-0.2, 0) is 9.59 Å². The SMILES string of the molecule is O=C(Nc1cc(Cl)ccc1F)C1CC(=O)N(c2ccccc2F)C1. The van der Waals surface area contributed by atoms with Crippen LogP contribution in [0.15, 0.2) is 42.5 Å². The zero-order valence-electron chi connectivity index (χ0n) is 12.4. The first-order valence-corrected chi connectivity index (χ1v) is 7.64. The molecule has 0 saturated carbocycles. The Morgan fingerprint density at radius 1 is 1.17 bits per heavy atom. The van der Waals surface area contributed by atoms with Crippen molar-refractivity contribution in [3.8, 4) is 0 Å². The summed E-state index contributed by atoms with van der Waals surface area (Å²) in [7, 11) is 0. The molecule has 0 radical (unpaired) electrons. The van der Waals surface area contributed by atoms with Gasteiger partial charge in [0.25, 0.3) is 0 Å². The molecule has 1 heterocycles. The standard InChI is InChI=1S/C17H13ClF2N2O2/c18-11-5-6-12(19)14(8-11)21-17(24)10-7-16(23)22(9-10)15-4-2-1-3-13(15)20/h1-6,8,10H,7,9H2,(H,21,24). The van der Waals surface area contributed by atoms with Crippen molar-refractivity contribution in [2.75, 3.05) is 16.8 Å². The summed E-state index contributed by atoms with van der Waals surface area (Å²) < 4.78 is 27.5. The molecule has 1 N–H and O–H groups in total. The van der Waals surface area contributed by atoms with Gasteiger partial charge in [-0.15, -0.1) is 0 Å². The van der Waals surface area contributed by atoms with Crippen molar-refractivity contribution in [3.05, 3.63) is 59.1 Å². The van der Waals surface area contributed by atoms with Crippen LogP contribution in [0.2, 0.25) is 5.02 Å². The summed E-state index contributed by atoms with van der Waals surface area (Å²) in [6.45, 7) is 0.0355. The van der Waals surface area contributed by atoms with Gasteiger partial charge in [0, 0.05) is 18.0 Å². The predicted molar refractivity (Wildman–Crippen MR) is 86.9 cm³/mol. The monoisotopic (exact) mass is 350 g/mol. The Morgan fingerprint density at radius 3 is 2.67 bits per heavy atom. The minimum absolute atomic E-state index is 0.0355. The van der Waals surface area contributed by atoms with Crippen LogP contribution in [0.4, 0.5) is 20.2 Å². The van der Waals surface area contributed by atoms with Gasteiger partial charge < -0.3 is 10.2 Å². The van der Waals surface area contributed by atoms with Crippen LogP contribution < -0.4 is 10.2 Å². The summed E-state index contributed by atoms with van der Waals surface area (Å²) in [6, 6.07) is 9.66. The molecule has 1 aliphatic rings. The molecule has 124 valence electrons. The number of carbonyl (C=O) groups excluding carboxylic acids is 2. The summed E-state index contributed by atoms with van der Waals surface area (Å²) in [5.74, 6) is -2.72. The van der Waals surface area contributed by atoms with E-state index in [0.717, 1.165) is 6.07 Å². The lowest BCUT2D eigenvalue weighted by Gasteiger charge is -2.17. The van der Waals surface area contributed by atoms with E-state index in [2.05, 4.69) is 5.32 Å². The lowest BCUT2D eigenvalue weighted by molar-refractivity contribution is -0.122. The number of hydrogen-bond donors (Lipinski definition) is 1. The normalized spacial score (nSPS) is 17.2. The van der Waals surface area contributed by atoms with Crippen molar-refractivity contribution in [2.24, 2.45) is 5.92 Å². The second-order valence-corrected chi connectivity index (χ2v) is 5.91. The molecular weight excluding hydrogens is 338 g/mol. The molecule has 1 atom stereocenters. The Balaban J connectivity index is 1.75. The molecule has 3 rings (SSSR count). The average Bonchev–Trinajstić information content (AvgIpc) is 2.93. The fourth-order valence-electron chi connectivity index (χ4n) is 2.61. The molecule has 2 aromatic carbocycles. The largest absolute Gasteiger partial charge is 0.323 e. The Kier molecular flexibility index (Phi) is 4.49.